The smallest absolute Gasteiger partial charge is 0.188 e. The van der Waals surface area contributed by atoms with E-state index in [1.807, 2.05) is 18.2 Å². The van der Waals surface area contributed by atoms with E-state index in [0.717, 1.165) is 23.8 Å². The second-order valence-corrected chi connectivity index (χ2v) is 6.84. The zero-order chi connectivity index (χ0) is 16.9. The minimum Gasteiger partial charge on any atom is -0.493 e. The molecule has 1 aliphatic carbocycles. The molecule has 136 valence electrons. The summed E-state index contributed by atoms with van der Waals surface area (Å²) in [4.78, 5) is 4.42. The van der Waals surface area contributed by atoms with Crippen LogP contribution in [0.25, 0.3) is 0 Å². The number of ether oxygens (including phenoxy) is 2. The number of methoxy groups -OCH3 is 2. The third-order valence-electron chi connectivity index (χ3n) is 4.32. The molecule has 1 saturated carbocycles. The lowest BCUT2D eigenvalue weighted by molar-refractivity contribution is 0.354. The van der Waals surface area contributed by atoms with Gasteiger partial charge < -0.3 is 20.5 Å². The largest absolute Gasteiger partial charge is 0.493 e. The number of nitrogens with two attached hydrogens (primary N) is 1. The van der Waals surface area contributed by atoms with E-state index >= 15 is 0 Å². The highest BCUT2D eigenvalue weighted by atomic mass is 127. The predicted molar refractivity (Wildman–Crippen MR) is 109 cm³/mol. The number of nitrogens with zero attached hydrogens (tertiary/aromatic N) is 1. The van der Waals surface area contributed by atoms with Crippen LogP contribution in [0.5, 0.6) is 11.5 Å². The minimum absolute atomic E-state index is 0. The first kappa shape index (κ1) is 20.9. The highest BCUT2D eigenvalue weighted by Gasteiger charge is 2.42. The Balaban J connectivity index is 0.00000288. The molecule has 0 atom stereocenters. The molecule has 0 radical (unpaired) electrons. The molecule has 0 saturated heterocycles. The first-order chi connectivity index (χ1) is 11.0. The molecule has 6 heteroatoms. The third kappa shape index (κ3) is 6.03. The van der Waals surface area contributed by atoms with Gasteiger partial charge in [-0.3, -0.25) is 0 Å². The number of guanidine groups is 1. The summed E-state index contributed by atoms with van der Waals surface area (Å²) in [7, 11) is 3.26. The lowest BCUT2D eigenvalue weighted by Gasteiger charge is -2.18. The SMILES string of the molecule is COc1ccc(CN=C(N)NCC2(CC(C)C)CC2)cc1OC.I. The van der Waals surface area contributed by atoms with Gasteiger partial charge in [-0.1, -0.05) is 19.9 Å². The first-order valence-electron chi connectivity index (χ1n) is 8.23. The van der Waals surface area contributed by atoms with Gasteiger partial charge in [0.1, 0.15) is 0 Å². The van der Waals surface area contributed by atoms with Gasteiger partial charge in [0.25, 0.3) is 0 Å². The molecule has 0 aromatic heterocycles. The van der Waals surface area contributed by atoms with Gasteiger partial charge in [-0.25, -0.2) is 4.99 Å². The molecule has 1 aliphatic rings. The maximum atomic E-state index is 6.00. The van der Waals surface area contributed by atoms with Crippen LogP contribution in [-0.4, -0.2) is 26.7 Å². The third-order valence-corrected chi connectivity index (χ3v) is 4.32. The lowest BCUT2D eigenvalue weighted by Crippen LogP contribution is -2.36. The summed E-state index contributed by atoms with van der Waals surface area (Å²) < 4.78 is 10.5. The van der Waals surface area contributed by atoms with Crippen molar-refractivity contribution in [2.24, 2.45) is 22.1 Å². The van der Waals surface area contributed by atoms with Crippen LogP contribution in [0.3, 0.4) is 0 Å². The Morgan fingerprint density at radius 2 is 1.92 bits per heavy atom. The van der Waals surface area contributed by atoms with Gasteiger partial charge in [0.15, 0.2) is 17.5 Å². The predicted octanol–water partition coefficient (Wildman–Crippen LogP) is 3.55. The van der Waals surface area contributed by atoms with E-state index in [9.17, 15) is 0 Å². The number of nitrogens with one attached hydrogen (secondary N) is 1. The van der Waals surface area contributed by atoms with Crippen molar-refractivity contribution in [3.8, 4) is 11.5 Å². The van der Waals surface area contributed by atoms with E-state index in [0.29, 0.717) is 23.7 Å². The maximum absolute atomic E-state index is 6.00. The van der Waals surface area contributed by atoms with Crippen LogP contribution < -0.4 is 20.5 Å². The van der Waals surface area contributed by atoms with E-state index in [4.69, 9.17) is 15.2 Å². The monoisotopic (exact) mass is 447 g/mol. The van der Waals surface area contributed by atoms with Crippen LogP contribution in [0.2, 0.25) is 0 Å². The Labute approximate surface area is 162 Å². The molecule has 0 unspecified atom stereocenters. The van der Waals surface area contributed by atoms with Gasteiger partial charge in [0.2, 0.25) is 0 Å². The molecule has 3 N–H and O–H groups in total. The van der Waals surface area contributed by atoms with Crippen molar-refractivity contribution in [1.82, 2.24) is 5.32 Å². The minimum atomic E-state index is 0. The Bertz CT molecular complexity index is 557. The second kappa shape index (κ2) is 9.34. The van der Waals surface area contributed by atoms with Crippen LogP contribution in [0.4, 0.5) is 0 Å². The molecule has 1 aromatic rings. The van der Waals surface area contributed by atoms with Crippen LogP contribution in [0.1, 0.15) is 38.7 Å². The molecule has 1 aromatic carbocycles. The highest BCUT2D eigenvalue weighted by Crippen LogP contribution is 2.49. The fourth-order valence-corrected chi connectivity index (χ4v) is 2.99. The number of rotatable bonds is 8. The Hall–Kier alpha value is -1.18. The highest BCUT2D eigenvalue weighted by molar-refractivity contribution is 14.0. The Kier molecular flexibility index (Phi) is 8.12. The number of hydrogen-bond acceptors (Lipinski definition) is 3. The molecule has 0 heterocycles. The molecule has 0 aliphatic heterocycles. The molecule has 5 nitrogen and oxygen atoms in total. The second-order valence-electron chi connectivity index (χ2n) is 6.84. The summed E-state index contributed by atoms with van der Waals surface area (Å²) in [5, 5.41) is 3.28. The van der Waals surface area contributed by atoms with Gasteiger partial charge in [0.05, 0.1) is 20.8 Å². The number of halogens is 1. The standard InChI is InChI=1S/C18H29N3O2.HI/c1-13(2)10-18(7-8-18)12-21-17(19)20-11-14-5-6-15(22-3)16(9-14)23-4;/h5-6,9,13H,7-8,10-12H2,1-4H3,(H3,19,20,21);1H. The van der Waals surface area contributed by atoms with Crippen molar-refractivity contribution >= 4 is 29.9 Å². The summed E-state index contributed by atoms with van der Waals surface area (Å²) in [5.41, 5.74) is 7.48. The maximum Gasteiger partial charge on any atom is 0.188 e. The molecule has 24 heavy (non-hydrogen) atoms. The van der Waals surface area contributed by atoms with E-state index in [1.54, 1.807) is 14.2 Å². The average Bonchev–Trinajstić information content (AvgIpc) is 3.29. The number of benzene rings is 1. The number of aliphatic imine (C=N–C) groups is 1. The zero-order valence-corrected chi connectivity index (χ0v) is 17.4. The normalized spacial score (nSPS) is 15.6. The van der Waals surface area contributed by atoms with Crippen LogP contribution in [-0.2, 0) is 6.54 Å². The van der Waals surface area contributed by atoms with Crippen molar-refractivity contribution in [3.63, 3.8) is 0 Å². The van der Waals surface area contributed by atoms with Gasteiger partial charge in [-0.15, -0.1) is 24.0 Å². The average molecular weight is 447 g/mol. The molecule has 0 bridgehead atoms. The van der Waals surface area contributed by atoms with Crippen molar-refractivity contribution in [2.75, 3.05) is 20.8 Å². The Morgan fingerprint density at radius 1 is 1.25 bits per heavy atom. The van der Waals surface area contributed by atoms with E-state index in [1.165, 1.54) is 19.3 Å². The van der Waals surface area contributed by atoms with E-state index in [-0.39, 0.29) is 24.0 Å². The molecular formula is C18H30IN3O2. The fraction of sp³-hybridized carbons (Fsp3) is 0.611. The molecule has 1 fully saturated rings. The van der Waals surface area contributed by atoms with Crippen molar-refractivity contribution in [3.05, 3.63) is 23.8 Å². The summed E-state index contributed by atoms with van der Waals surface area (Å²) in [6.07, 6.45) is 3.84. The molecular weight excluding hydrogens is 417 g/mol. The van der Waals surface area contributed by atoms with Crippen molar-refractivity contribution in [1.29, 1.82) is 0 Å². The number of hydrogen-bond donors (Lipinski definition) is 2. The van der Waals surface area contributed by atoms with Crippen LogP contribution >= 0.6 is 24.0 Å². The van der Waals surface area contributed by atoms with Gasteiger partial charge in [-0.2, -0.15) is 0 Å². The molecule has 2 rings (SSSR count). The summed E-state index contributed by atoms with van der Waals surface area (Å²) >= 11 is 0. The first-order valence-corrected chi connectivity index (χ1v) is 8.23. The van der Waals surface area contributed by atoms with E-state index < -0.39 is 0 Å². The topological polar surface area (TPSA) is 68.9 Å². The van der Waals surface area contributed by atoms with Crippen molar-refractivity contribution in [2.45, 2.75) is 39.7 Å². The lowest BCUT2D eigenvalue weighted by atomic mass is 9.94. The van der Waals surface area contributed by atoms with Crippen molar-refractivity contribution < 1.29 is 9.47 Å². The molecule has 0 spiro atoms. The molecule has 0 amide bonds. The van der Waals surface area contributed by atoms with Crippen LogP contribution in [0, 0.1) is 11.3 Å². The summed E-state index contributed by atoms with van der Waals surface area (Å²) in [5.74, 6) is 2.66. The quantitative estimate of drug-likeness (QED) is 0.363. The van der Waals surface area contributed by atoms with Gasteiger partial charge >= 0.3 is 0 Å². The van der Waals surface area contributed by atoms with E-state index in [2.05, 4.69) is 24.2 Å². The summed E-state index contributed by atoms with van der Waals surface area (Å²) in [6, 6.07) is 5.78. The summed E-state index contributed by atoms with van der Waals surface area (Å²) in [6.45, 7) is 5.99. The van der Waals surface area contributed by atoms with Gasteiger partial charge in [0, 0.05) is 6.54 Å². The zero-order valence-electron chi connectivity index (χ0n) is 15.1. The van der Waals surface area contributed by atoms with Crippen LogP contribution in [0.15, 0.2) is 23.2 Å². The fourth-order valence-electron chi connectivity index (χ4n) is 2.99. The Morgan fingerprint density at radius 3 is 2.46 bits per heavy atom. The van der Waals surface area contributed by atoms with Gasteiger partial charge in [-0.05, 0) is 48.3 Å².